The fourth-order valence-corrected chi connectivity index (χ4v) is 1.66. The summed E-state index contributed by atoms with van der Waals surface area (Å²) in [4.78, 5) is 2.40. The SMILES string of the molecule is CCC(C)(C)N(C)CCNC(C)c1ccco1. The van der Waals surface area contributed by atoms with Crippen molar-refractivity contribution in [2.75, 3.05) is 20.1 Å². The zero-order chi connectivity index (χ0) is 12.9. The molecule has 0 spiro atoms. The van der Waals surface area contributed by atoms with Crippen LogP contribution in [0.1, 0.15) is 45.9 Å². The Balaban J connectivity index is 2.28. The second-order valence-corrected chi connectivity index (χ2v) is 5.28. The van der Waals surface area contributed by atoms with Crippen LogP contribution in [0, 0.1) is 0 Å². The van der Waals surface area contributed by atoms with E-state index in [9.17, 15) is 0 Å². The summed E-state index contributed by atoms with van der Waals surface area (Å²) in [5, 5.41) is 3.48. The van der Waals surface area contributed by atoms with Gasteiger partial charge in [-0.1, -0.05) is 6.92 Å². The second kappa shape index (κ2) is 6.22. The third-order valence-electron chi connectivity index (χ3n) is 3.77. The van der Waals surface area contributed by atoms with E-state index >= 15 is 0 Å². The summed E-state index contributed by atoms with van der Waals surface area (Å²) in [7, 11) is 2.18. The molecule has 0 saturated carbocycles. The Morgan fingerprint density at radius 1 is 1.47 bits per heavy atom. The molecule has 0 aromatic carbocycles. The van der Waals surface area contributed by atoms with Gasteiger partial charge in [0, 0.05) is 18.6 Å². The molecule has 0 amide bonds. The van der Waals surface area contributed by atoms with Gasteiger partial charge < -0.3 is 9.73 Å². The number of nitrogens with one attached hydrogen (secondary N) is 1. The number of hydrogen-bond donors (Lipinski definition) is 1. The van der Waals surface area contributed by atoms with Crippen LogP contribution in [-0.4, -0.2) is 30.6 Å². The normalized spacial score (nSPS) is 14.2. The molecule has 0 saturated heterocycles. The highest BCUT2D eigenvalue weighted by Gasteiger charge is 2.20. The molecule has 3 nitrogen and oxygen atoms in total. The highest BCUT2D eigenvalue weighted by molar-refractivity contribution is 5.02. The molecule has 0 aliphatic heterocycles. The predicted molar refractivity (Wildman–Crippen MR) is 72.1 cm³/mol. The number of furan rings is 1. The van der Waals surface area contributed by atoms with Crippen LogP contribution in [0.2, 0.25) is 0 Å². The van der Waals surface area contributed by atoms with Crippen LogP contribution >= 0.6 is 0 Å². The van der Waals surface area contributed by atoms with Crippen LogP contribution in [0.5, 0.6) is 0 Å². The Bertz CT molecular complexity index is 306. The smallest absolute Gasteiger partial charge is 0.120 e. The summed E-state index contributed by atoms with van der Waals surface area (Å²) in [6.07, 6.45) is 2.89. The average molecular weight is 238 g/mol. The topological polar surface area (TPSA) is 28.4 Å². The van der Waals surface area contributed by atoms with Gasteiger partial charge in [0.1, 0.15) is 5.76 Å². The number of hydrogen-bond acceptors (Lipinski definition) is 3. The van der Waals surface area contributed by atoms with Gasteiger partial charge >= 0.3 is 0 Å². The summed E-state index contributed by atoms with van der Waals surface area (Å²) in [5.74, 6) is 1.00. The van der Waals surface area contributed by atoms with Crippen molar-refractivity contribution in [1.82, 2.24) is 10.2 Å². The first kappa shape index (κ1) is 14.3. The van der Waals surface area contributed by atoms with Crippen LogP contribution in [-0.2, 0) is 0 Å². The lowest BCUT2D eigenvalue weighted by Crippen LogP contribution is -2.44. The zero-order valence-corrected chi connectivity index (χ0v) is 11.8. The lowest BCUT2D eigenvalue weighted by Gasteiger charge is -2.35. The summed E-state index contributed by atoms with van der Waals surface area (Å²) in [6.45, 7) is 10.9. The maximum Gasteiger partial charge on any atom is 0.120 e. The van der Waals surface area contributed by atoms with E-state index < -0.39 is 0 Å². The van der Waals surface area contributed by atoms with Gasteiger partial charge in [0.2, 0.25) is 0 Å². The molecule has 0 fully saturated rings. The lowest BCUT2D eigenvalue weighted by atomic mass is 10.0. The van der Waals surface area contributed by atoms with E-state index in [0.717, 1.165) is 25.3 Å². The maximum absolute atomic E-state index is 5.37. The lowest BCUT2D eigenvalue weighted by molar-refractivity contribution is 0.150. The summed E-state index contributed by atoms with van der Waals surface area (Å²) >= 11 is 0. The Hall–Kier alpha value is -0.800. The second-order valence-electron chi connectivity index (χ2n) is 5.28. The number of nitrogens with zero attached hydrogens (tertiary/aromatic N) is 1. The zero-order valence-electron chi connectivity index (χ0n) is 11.8. The highest BCUT2D eigenvalue weighted by Crippen LogP contribution is 2.16. The molecule has 1 aromatic heterocycles. The van der Waals surface area contributed by atoms with E-state index in [2.05, 4.69) is 45.0 Å². The molecule has 1 unspecified atom stereocenters. The summed E-state index contributed by atoms with van der Waals surface area (Å²) in [6, 6.07) is 4.22. The van der Waals surface area contributed by atoms with E-state index in [-0.39, 0.29) is 11.6 Å². The van der Waals surface area contributed by atoms with Crippen LogP contribution in [0.3, 0.4) is 0 Å². The fourth-order valence-electron chi connectivity index (χ4n) is 1.66. The van der Waals surface area contributed by atoms with E-state index in [1.165, 1.54) is 0 Å². The van der Waals surface area contributed by atoms with Gasteiger partial charge in [0.25, 0.3) is 0 Å². The quantitative estimate of drug-likeness (QED) is 0.791. The van der Waals surface area contributed by atoms with Crippen molar-refractivity contribution in [1.29, 1.82) is 0 Å². The molecule has 17 heavy (non-hydrogen) atoms. The number of likely N-dealkylation sites (N-methyl/N-ethyl adjacent to an activating group) is 1. The van der Waals surface area contributed by atoms with Gasteiger partial charge in [-0.05, 0) is 46.4 Å². The van der Waals surface area contributed by atoms with Crippen molar-refractivity contribution in [2.45, 2.75) is 45.7 Å². The van der Waals surface area contributed by atoms with Crippen LogP contribution in [0.15, 0.2) is 22.8 Å². The Kier molecular flexibility index (Phi) is 5.22. The molecule has 1 aromatic rings. The summed E-state index contributed by atoms with van der Waals surface area (Å²) < 4.78 is 5.37. The minimum atomic E-state index is 0.273. The first-order chi connectivity index (χ1) is 7.97. The molecule has 98 valence electrons. The Morgan fingerprint density at radius 3 is 2.71 bits per heavy atom. The Labute approximate surface area is 105 Å². The van der Waals surface area contributed by atoms with Gasteiger partial charge in [0.15, 0.2) is 0 Å². The first-order valence-electron chi connectivity index (χ1n) is 6.45. The van der Waals surface area contributed by atoms with Crippen molar-refractivity contribution < 1.29 is 4.42 Å². The van der Waals surface area contributed by atoms with Gasteiger partial charge in [-0.3, -0.25) is 4.90 Å². The third kappa shape index (κ3) is 4.17. The molecule has 0 radical (unpaired) electrons. The molecule has 1 atom stereocenters. The molecule has 1 N–H and O–H groups in total. The van der Waals surface area contributed by atoms with Gasteiger partial charge in [-0.25, -0.2) is 0 Å². The summed E-state index contributed by atoms with van der Waals surface area (Å²) in [5.41, 5.74) is 0.273. The van der Waals surface area contributed by atoms with Crippen molar-refractivity contribution in [2.24, 2.45) is 0 Å². The van der Waals surface area contributed by atoms with Crippen molar-refractivity contribution in [3.63, 3.8) is 0 Å². The van der Waals surface area contributed by atoms with E-state index in [4.69, 9.17) is 4.42 Å². The first-order valence-corrected chi connectivity index (χ1v) is 6.45. The molecular weight excluding hydrogens is 212 g/mol. The minimum Gasteiger partial charge on any atom is -0.468 e. The number of rotatable bonds is 7. The highest BCUT2D eigenvalue weighted by atomic mass is 16.3. The Morgan fingerprint density at radius 2 is 2.18 bits per heavy atom. The van der Waals surface area contributed by atoms with Crippen LogP contribution in [0.4, 0.5) is 0 Å². The standard InChI is InChI=1S/C14H26N2O/c1-6-14(3,4)16(5)10-9-15-12(2)13-8-7-11-17-13/h7-8,11-12,15H,6,9-10H2,1-5H3. The van der Waals surface area contributed by atoms with Crippen molar-refractivity contribution in [3.8, 4) is 0 Å². The van der Waals surface area contributed by atoms with Gasteiger partial charge in [-0.2, -0.15) is 0 Å². The third-order valence-corrected chi connectivity index (χ3v) is 3.77. The maximum atomic E-state index is 5.37. The molecule has 1 rings (SSSR count). The molecule has 0 aliphatic rings. The average Bonchev–Trinajstić information content (AvgIpc) is 2.82. The van der Waals surface area contributed by atoms with E-state index in [1.807, 2.05) is 12.1 Å². The van der Waals surface area contributed by atoms with E-state index in [0.29, 0.717) is 0 Å². The predicted octanol–water partition coefficient (Wildman–Crippen LogP) is 3.05. The fraction of sp³-hybridized carbons (Fsp3) is 0.714. The van der Waals surface area contributed by atoms with Crippen LogP contribution in [0.25, 0.3) is 0 Å². The van der Waals surface area contributed by atoms with Crippen molar-refractivity contribution >= 4 is 0 Å². The van der Waals surface area contributed by atoms with Gasteiger partial charge in [0.05, 0.1) is 12.3 Å². The molecule has 0 bridgehead atoms. The van der Waals surface area contributed by atoms with Gasteiger partial charge in [-0.15, -0.1) is 0 Å². The molecular formula is C14H26N2O. The van der Waals surface area contributed by atoms with Crippen molar-refractivity contribution in [3.05, 3.63) is 24.2 Å². The monoisotopic (exact) mass is 238 g/mol. The van der Waals surface area contributed by atoms with Crippen LogP contribution < -0.4 is 5.32 Å². The molecule has 1 heterocycles. The largest absolute Gasteiger partial charge is 0.468 e. The molecule has 0 aliphatic carbocycles. The molecule has 3 heteroatoms. The van der Waals surface area contributed by atoms with E-state index in [1.54, 1.807) is 6.26 Å². The minimum absolute atomic E-state index is 0.273.